The van der Waals surface area contributed by atoms with E-state index in [0.717, 1.165) is 0 Å². The van der Waals surface area contributed by atoms with Gasteiger partial charge in [0.05, 0.1) is 0 Å². The van der Waals surface area contributed by atoms with Gasteiger partial charge in [-0.05, 0) is 0 Å². The Labute approximate surface area is 108 Å². The fourth-order valence-corrected chi connectivity index (χ4v) is 2.64. The fraction of sp³-hybridized carbons (Fsp3) is 0.429. The predicted molar refractivity (Wildman–Crippen MR) is 62.7 cm³/mol. The topological polar surface area (TPSA) is 37.4 Å². The number of alkyl halides is 3. The van der Waals surface area contributed by atoms with Gasteiger partial charge in [0.1, 0.15) is 0 Å². The van der Waals surface area contributed by atoms with E-state index in [4.69, 9.17) is 0 Å². The molecular weight excluding hydrogens is 379 g/mol. The quantitative estimate of drug-likeness (QED) is 0.728. The molecule has 0 aliphatic heterocycles. The second kappa shape index (κ2) is 5.65. The maximum atomic E-state index is 12.3. The van der Waals surface area contributed by atoms with Crippen LogP contribution >= 0.6 is 31.9 Å². The van der Waals surface area contributed by atoms with Gasteiger partial charge in [0.2, 0.25) is 0 Å². The minimum Gasteiger partial charge on any atom is -0.203 e. The number of hydrogen-bond donors (Lipinski definition) is 0. The average molecular weight is 387 g/mol. The van der Waals surface area contributed by atoms with E-state index in [1.807, 2.05) is 0 Å². The summed E-state index contributed by atoms with van der Waals surface area (Å²) < 4.78 is 59.5. The van der Waals surface area contributed by atoms with Crippen molar-refractivity contribution in [3.8, 4) is 0 Å². The molecule has 0 aromatic carbocycles. The first kappa shape index (κ1) is 16.1. The maximum absolute atomic E-state index is 12.3. The maximum Gasteiger partial charge on any atom is 0.511 e. The van der Waals surface area contributed by atoms with Gasteiger partial charge in [-0.15, -0.1) is 0 Å². The molecule has 0 aromatic rings. The fourth-order valence-electron chi connectivity index (χ4n) is 0.755. The Bertz CT molecular complexity index is 375. The number of halogens is 5. The van der Waals surface area contributed by atoms with E-state index in [1.54, 1.807) is 0 Å². The summed E-state index contributed by atoms with van der Waals surface area (Å²) >= 11 is 5.62. The van der Waals surface area contributed by atoms with E-state index < -0.39 is 28.6 Å². The normalized spacial score (nSPS) is 12.9. The largest absolute Gasteiger partial charge is 0.511 e. The van der Waals surface area contributed by atoms with Gasteiger partial charge in [-0.3, -0.25) is 0 Å². The molecule has 0 atom stereocenters. The summed E-state index contributed by atoms with van der Waals surface area (Å²) in [6.45, 7) is 5.63. The van der Waals surface area contributed by atoms with Crippen molar-refractivity contribution in [3.05, 3.63) is 22.1 Å². The average Bonchev–Trinajstić information content (AvgIpc) is 1.98. The third-order valence-electron chi connectivity index (χ3n) is 1.33. The number of hydrogen-bond acceptors (Lipinski definition) is 2. The second-order valence-corrected chi connectivity index (χ2v) is 6.93. The van der Waals surface area contributed by atoms with Crippen LogP contribution in [0.5, 0.6) is 0 Å². The van der Waals surface area contributed by atoms with Gasteiger partial charge in [-0.2, -0.15) is 17.5 Å². The van der Waals surface area contributed by atoms with Gasteiger partial charge < -0.3 is 0 Å². The van der Waals surface area contributed by atoms with E-state index in [0.29, 0.717) is 0 Å². The van der Waals surface area contributed by atoms with Crippen molar-refractivity contribution in [2.75, 3.05) is 13.1 Å². The van der Waals surface area contributed by atoms with Crippen LogP contribution in [0.15, 0.2) is 22.1 Å². The lowest BCUT2D eigenvalue weighted by Gasteiger charge is -2.22. The molecule has 0 N–H and O–H groups in total. The highest BCUT2D eigenvalue weighted by atomic mass is 79.9. The molecule has 0 aliphatic carbocycles. The summed E-state index contributed by atoms with van der Waals surface area (Å²) in [6.07, 6.45) is 0. The summed E-state index contributed by atoms with van der Waals surface area (Å²) in [5, 5.41) is 0. The minimum atomic E-state index is -5.38. The van der Waals surface area contributed by atoms with Crippen molar-refractivity contribution < 1.29 is 21.6 Å². The summed E-state index contributed by atoms with van der Waals surface area (Å²) in [5.74, 6) is 0. The highest BCUT2D eigenvalue weighted by Crippen LogP contribution is 2.28. The lowest BCUT2D eigenvalue weighted by molar-refractivity contribution is -0.0483. The van der Waals surface area contributed by atoms with Crippen LogP contribution in [0.3, 0.4) is 0 Å². The van der Waals surface area contributed by atoms with Crippen molar-refractivity contribution in [3.63, 3.8) is 0 Å². The number of sulfonamides is 1. The summed E-state index contributed by atoms with van der Waals surface area (Å²) in [6, 6.07) is 0. The van der Waals surface area contributed by atoms with Crippen LogP contribution in [0.1, 0.15) is 0 Å². The Morgan fingerprint density at radius 3 is 1.62 bits per heavy atom. The molecule has 0 unspecified atom stereocenters. The zero-order chi connectivity index (χ0) is 13.1. The highest BCUT2D eigenvalue weighted by Gasteiger charge is 2.49. The molecule has 0 aliphatic rings. The first-order chi connectivity index (χ1) is 6.98. The van der Waals surface area contributed by atoms with E-state index in [-0.39, 0.29) is 13.3 Å². The monoisotopic (exact) mass is 385 g/mol. The zero-order valence-corrected chi connectivity index (χ0v) is 11.9. The minimum absolute atomic E-state index is 0.120. The van der Waals surface area contributed by atoms with Crippen molar-refractivity contribution in [2.45, 2.75) is 5.51 Å². The van der Waals surface area contributed by atoms with Crippen LogP contribution < -0.4 is 0 Å². The van der Waals surface area contributed by atoms with Crippen molar-refractivity contribution >= 4 is 41.9 Å². The van der Waals surface area contributed by atoms with E-state index in [2.05, 4.69) is 45.0 Å². The molecule has 16 heavy (non-hydrogen) atoms. The third kappa shape index (κ3) is 4.56. The van der Waals surface area contributed by atoms with E-state index in [9.17, 15) is 21.6 Å². The smallest absolute Gasteiger partial charge is 0.203 e. The molecule has 3 nitrogen and oxygen atoms in total. The molecule has 0 fully saturated rings. The van der Waals surface area contributed by atoms with Crippen LogP contribution in [0.25, 0.3) is 0 Å². The zero-order valence-electron chi connectivity index (χ0n) is 7.89. The number of nitrogens with zero attached hydrogens (tertiary/aromatic N) is 1. The second-order valence-electron chi connectivity index (χ2n) is 2.75. The third-order valence-corrected chi connectivity index (χ3v) is 3.35. The predicted octanol–water partition coefficient (Wildman–Crippen LogP) is 2.96. The van der Waals surface area contributed by atoms with Crippen LogP contribution in [0.2, 0.25) is 0 Å². The lowest BCUT2D eigenvalue weighted by Crippen LogP contribution is -2.41. The molecule has 0 bridgehead atoms. The Hall–Kier alpha value is 0.140. The first-order valence-electron chi connectivity index (χ1n) is 3.71. The van der Waals surface area contributed by atoms with E-state index >= 15 is 0 Å². The lowest BCUT2D eigenvalue weighted by atomic mass is 10.5. The molecule has 0 saturated carbocycles. The Morgan fingerprint density at radius 1 is 1.12 bits per heavy atom. The molecule has 0 spiro atoms. The molecule has 0 amide bonds. The summed E-state index contributed by atoms with van der Waals surface area (Å²) in [5.41, 5.74) is -5.34. The van der Waals surface area contributed by atoms with Gasteiger partial charge in [0, 0.05) is 22.1 Å². The molecular formula is C7H8Br2F3NO2S. The SMILES string of the molecule is C=C(Br)CN(CC(=C)Br)S(=O)(=O)C(F)(F)F. The van der Waals surface area contributed by atoms with Crippen molar-refractivity contribution in [1.82, 2.24) is 4.31 Å². The molecule has 0 radical (unpaired) electrons. The van der Waals surface area contributed by atoms with Gasteiger partial charge >= 0.3 is 15.5 Å². The van der Waals surface area contributed by atoms with E-state index in [1.165, 1.54) is 0 Å². The van der Waals surface area contributed by atoms with Crippen molar-refractivity contribution in [2.24, 2.45) is 0 Å². The van der Waals surface area contributed by atoms with Gasteiger partial charge in [0.25, 0.3) is 0 Å². The van der Waals surface area contributed by atoms with Gasteiger partial charge in [-0.25, -0.2) is 8.42 Å². The molecule has 0 aromatic heterocycles. The first-order valence-corrected chi connectivity index (χ1v) is 6.74. The van der Waals surface area contributed by atoms with Crippen molar-refractivity contribution in [1.29, 1.82) is 0 Å². The van der Waals surface area contributed by atoms with Crippen LogP contribution in [0, 0.1) is 0 Å². The Kier molecular flexibility index (Phi) is 5.70. The Morgan fingerprint density at radius 2 is 1.44 bits per heavy atom. The molecule has 9 heteroatoms. The molecule has 0 heterocycles. The standard InChI is InChI=1S/C7H8Br2F3NO2S/c1-5(8)3-13(4-6(2)9)16(14,15)7(10,11)12/h1-4H2. The summed E-state index contributed by atoms with van der Waals surface area (Å²) in [4.78, 5) is 0. The molecule has 94 valence electrons. The highest BCUT2D eigenvalue weighted by molar-refractivity contribution is 9.12. The molecule has 0 rings (SSSR count). The van der Waals surface area contributed by atoms with Gasteiger partial charge in [0.15, 0.2) is 0 Å². The number of rotatable bonds is 5. The Balaban J connectivity index is 5.18. The van der Waals surface area contributed by atoms with Crippen LogP contribution in [-0.4, -0.2) is 31.3 Å². The summed E-state index contributed by atoms with van der Waals surface area (Å²) in [7, 11) is -5.38. The van der Waals surface area contributed by atoms with Crippen LogP contribution in [0.4, 0.5) is 13.2 Å². The van der Waals surface area contributed by atoms with Gasteiger partial charge in [-0.1, -0.05) is 45.0 Å². The molecule has 0 saturated heterocycles. The van der Waals surface area contributed by atoms with Crippen LogP contribution in [-0.2, 0) is 10.0 Å².